The van der Waals surface area contributed by atoms with E-state index in [4.69, 9.17) is 5.26 Å². The summed E-state index contributed by atoms with van der Waals surface area (Å²) in [6.07, 6.45) is 4.00. The third kappa shape index (κ3) is 1.55. The van der Waals surface area contributed by atoms with Gasteiger partial charge in [-0.3, -0.25) is 0 Å². The van der Waals surface area contributed by atoms with Crippen LogP contribution >= 0.6 is 11.8 Å². The number of nitriles is 1. The van der Waals surface area contributed by atoms with Gasteiger partial charge in [-0.25, -0.2) is 0 Å². The van der Waals surface area contributed by atoms with E-state index in [9.17, 15) is 0 Å². The van der Waals surface area contributed by atoms with Gasteiger partial charge in [0.15, 0.2) is 0 Å². The van der Waals surface area contributed by atoms with Crippen LogP contribution in [0.1, 0.15) is 36.3 Å². The number of hydrogen-bond donors (Lipinski definition) is 0. The summed E-state index contributed by atoms with van der Waals surface area (Å²) in [5.41, 5.74) is 2.27. The van der Waals surface area contributed by atoms with Gasteiger partial charge in [0.05, 0.1) is 11.6 Å². The highest BCUT2D eigenvalue weighted by molar-refractivity contribution is 7.99. The average Bonchev–Trinajstić information content (AvgIpc) is 3.11. The van der Waals surface area contributed by atoms with E-state index in [1.54, 1.807) is 0 Å². The maximum atomic E-state index is 9.15. The van der Waals surface area contributed by atoms with Crippen LogP contribution in [0.25, 0.3) is 0 Å². The second-order valence-corrected chi connectivity index (χ2v) is 5.55. The van der Waals surface area contributed by atoms with Crippen LogP contribution in [-0.4, -0.2) is 5.75 Å². The number of nitrogens with zero attached hydrogens (tertiary/aromatic N) is 1. The Bertz CT molecular complexity index is 429. The molecule has 1 aromatic rings. The lowest BCUT2D eigenvalue weighted by atomic mass is 9.88. The predicted octanol–water partition coefficient (Wildman–Crippen LogP) is 3.55. The van der Waals surface area contributed by atoms with Crippen LogP contribution in [0.2, 0.25) is 0 Å². The molecule has 15 heavy (non-hydrogen) atoms. The van der Waals surface area contributed by atoms with Crippen LogP contribution in [0.4, 0.5) is 0 Å². The maximum absolute atomic E-state index is 9.15. The standard InChI is InChI=1S/C13H13NS/c14-8-10-2-1-3-12-13(10)11(6-7-15-12)9-4-5-9/h1-3,9,11H,4-7H2. The van der Waals surface area contributed by atoms with Crippen LogP contribution < -0.4 is 0 Å². The Morgan fingerprint density at radius 1 is 1.27 bits per heavy atom. The molecular weight excluding hydrogens is 202 g/mol. The molecule has 1 fully saturated rings. The molecule has 0 aromatic heterocycles. The van der Waals surface area contributed by atoms with E-state index >= 15 is 0 Å². The molecule has 1 heterocycles. The molecule has 1 saturated carbocycles. The number of hydrogen-bond acceptors (Lipinski definition) is 2. The number of fused-ring (bicyclic) bond motifs is 1. The first-order valence-corrected chi connectivity index (χ1v) is 6.54. The van der Waals surface area contributed by atoms with Crippen molar-refractivity contribution in [2.45, 2.75) is 30.1 Å². The van der Waals surface area contributed by atoms with E-state index in [1.165, 1.54) is 35.5 Å². The SMILES string of the molecule is N#Cc1cccc2c1C(C1CC1)CCS2. The molecule has 0 amide bonds. The summed E-state index contributed by atoms with van der Waals surface area (Å²) in [5, 5.41) is 9.15. The monoisotopic (exact) mass is 215 g/mol. The van der Waals surface area contributed by atoms with Gasteiger partial charge in [-0.05, 0) is 54.5 Å². The Balaban J connectivity index is 2.11. The summed E-state index contributed by atoms with van der Waals surface area (Å²) in [6.45, 7) is 0. The van der Waals surface area contributed by atoms with Gasteiger partial charge >= 0.3 is 0 Å². The first kappa shape index (κ1) is 9.30. The van der Waals surface area contributed by atoms with Crippen LogP contribution in [0.3, 0.4) is 0 Å². The van der Waals surface area contributed by atoms with Crippen LogP contribution in [0.5, 0.6) is 0 Å². The molecule has 3 rings (SSSR count). The van der Waals surface area contributed by atoms with E-state index in [2.05, 4.69) is 12.1 Å². The first-order valence-electron chi connectivity index (χ1n) is 5.56. The van der Waals surface area contributed by atoms with Crippen LogP contribution in [0, 0.1) is 17.2 Å². The Kier molecular flexibility index (Phi) is 2.21. The zero-order chi connectivity index (χ0) is 10.3. The van der Waals surface area contributed by atoms with E-state index in [-0.39, 0.29) is 0 Å². The highest BCUT2D eigenvalue weighted by atomic mass is 32.2. The van der Waals surface area contributed by atoms with Crippen LogP contribution in [0.15, 0.2) is 23.1 Å². The lowest BCUT2D eigenvalue weighted by molar-refractivity contribution is 0.573. The highest BCUT2D eigenvalue weighted by Gasteiger charge is 2.36. The molecule has 2 heteroatoms. The summed E-state index contributed by atoms with van der Waals surface area (Å²) < 4.78 is 0. The summed E-state index contributed by atoms with van der Waals surface area (Å²) in [4.78, 5) is 1.36. The third-order valence-corrected chi connectivity index (χ3v) is 4.54. The fourth-order valence-corrected chi connectivity index (χ4v) is 3.74. The summed E-state index contributed by atoms with van der Waals surface area (Å²) in [7, 11) is 0. The van der Waals surface area contributed by atoms with Gasteiger partial charge in [0.1, 0.15) is 0 Å². The zero-order valence-corrected chi connectivity index (χ0v) is 9.39. The lowest BCUT2D eigenvalue weighted by Crippen LogP contribution is -2.11. The van der Waals surface area contributed by atoms with Crippen molar-refractivity contribution in [3.63, 3.8) is 0 Å². The van der Waals surface area contributed by atoms with Crippen molar-refractivity contribution in [2.75, 3.05) is 5.75 Å². The second kappa shape index (κ2) is 3.57. The third-order valence-electron chi connectivity index (χ3n) is 3.43. The fraction of sp³-hybridized carbons (Fsp3) is 0.462. The molecular formula is C13H13NS. The minimum Gasteiger partial charge on any atom is -0.192 e. The molecule has 0 bridgehead atoms. The second-order valence-electron chi connectivity index (χ2n) is 4.41. The molecule has 1 aromatic carbocycles. The predicted molar refractivity (Wildman–Crippen MR) is 62.0 cm³/mol. The van der Waals surface area contributed by atoms with Gasteiger partial charge in [0.25, 0.3) is 0 Å². The molecule has 1 atom stereocenters. The molecule has 1 nitrogen and oxygen atoms in total. The molecule has 0 radical (unpaired) electrons. The summed E-state index contributed by atoms with van der Waals surface area (Å²) in [6, 6.07) is 8.52. The van der Waals surface area contributed by atoms with E-state index in [0.29, 0.717) is 5.92 Å². The normalized spacial score (nSPS) is 24.3. The topological polar surface area (TPSA) is 23.8 Å². The smallest absolute Gasteiger partial charge is 0.0995 e. The van der Waals surface area contributed by atoms with Gasteiger partial charge in [-0.1, -0.05) is 6.07 Å². The van der Waals surface area contributed by atoms with Gasteiger partial charge in [0, 0.05) is 4.90 Å². The number of benzene rings is 1. The number of thioether (sulfide) groups is 1. The molecule has 2 aliphatic rings. The van der Waals surface area contributed by atoms with Gasteiger partial charge in [0.2, 0.25) is 0 Å². The van der Waals surface area contributed by atoms with Gasteiger partial charge < -0.3 is 0 Å². The van der Waals surface area contributed by atoms with Crippen molar-refractivity contribution in [3.8, 4) is 6.07 Å². The van der Waals surface area contributed by atoms with E-state index < -0.39 is 0 Å². The van der Waals surface area contributed by atoms with E-state index in [0.717, 1.165) is 11.5 Å². The van der Waals surface area contributed by atoms with Crippen LogP contribution in [-0.2, 0) is 0 Å². The fourth-order valence-electron chi connectivity index (χ4n) is 2.56. The Morgan fingerprint density at radius 3 is 2.87 bits per heavy atom. The average molecular weight is 215 g/mol. The molecule has 1 aliphatic carbocycles. The van der Waals surface area contributed by atoms with Crippen molar-refractivity contribution < 1.29 is 0 Å². The Hall–Kier alpha value is -0.940. The Morgan fingerprint density at radius 2 is 2.13 bits per heavy atom. The largest absolute Gasteiger partial charge is 0.192 e. The lowest BCUT2D eigenvalue weighted by Gasteiger charge is -2.25. The Labute approximate surface area is 94.5 Å². The molecule has 0 saturated heterocycles. The molecule has 0 spiro atoms. The zero-order valence-electron chi connectivity index (χ0n) is 8.57. The summed E-state index contributed by atoms with van der Waals surface area (Å²) >= 11 is 1.92. The highest BCUT2D eigenvalue weighted by Crippen LogP contribution is 2.50. The van der Waals surface area contributed by atoms with Crippen molar-refractivity contribution in [2.24, 2.45) is 5.92 Å². The van der Waals surface area contributed by atoms with Crippen molar-refractivity contribution in [1.29, 1.82) is 5.26 Å². The summed E-state index contributed by atoms with van der Waals surface area (Å²) in [5.74, 6) is 2.78. The molecule has 76 valence electrons. The van der Waals surface area contributed by atoms with Crippen molar-refractivity contribution in [1.82, 2.24) is 0 Å². The molecule has 0 N–H and O–H groups in total. The minimum atomic E-state index is 0.678. The van der Waals surface area contributed by atoms with Gasteiger partial charge in [-0.15, -0.1) is 11.8 Å². The molecule has 1 aliphatic heterocycles. The maximum Gasteiger partial charge on any atom is 0.0995 e. The quantitative estimate of drug-likeness (QED) is 0.715. The minimum absolute atomic E-state index is 0.678. The van der Waals surface area contributed by atoms with E-state index in [1.807, 2.05) is 23.9 Å². The van der Waals surface area contributed by atoms with Crippen molar-refractivity contribution in [3.05, 3.63) is 29.3 Å². The van der Waals surface area contributed by atoms with Crippen molar-refractivity contribution >= 4 is 11.8 Å². The first-order chi connectivity index (χ1) is 7.40. The van der Waals surface area contributed by atoms with Gasteiger partial charge in [-0.2, -0.15) is 5.26 Å². The number of rotatable bonds is 1. The molecule has 1 unspecified atom stereocenters.